The predicted octanol–water partition coefficient (Wildman–Crippen LogP) is 6.40. The number of carbonyl (C=O) groups excluding carboxylic acids is 1. The number of aliphatic carboxylic acids is 1. The fourth-order valence-corrected chi connectivity index (χ4v) is 4.96. The lowest BCUT2D eigenvalue weighted by molar-refractivity contribution is -0.140. The Kier molecular flexibility index (Phi) is 9.24. The van der Waals surface area contributed by atoms with Gasteiger partial charge in [-0.05, 0) is 58.4 Å². The minimum absolute atomic E-state index is 0.0665. The number of carboxylic acid groups (broad SMARTS) is 1. The number of rotatable bonds is 8. The van der Waals surface area contributed by atoms with Crippen molar-refractivity contribution in [1.29, 1.82) is 0 Å². The first-order valence-electron chi connectivity index (χ1n) is 11.6. The van der Waals surface area contributed by atoms with Crippen molar-refractivity contribution in [3.8, 4) is 0 Å². The van der Waals surface area contributed by atoms with Crippen LogP contribution in [0.1, 0.15) is 54.0 Å². The van der Waals surface area contributed by atoms with Gasteiger partial charge in [-0.1, -0.05) is 68.5 Å². The van der Waals surface area contributed by atoms with Gasteiger partial charge in [-0.15, -0.1) is 11.8 Å². The van der Waals surface area contributed by atoms with Gasteiger partial charge in [-0.25, -0.2) is 4.79 Å². The van der Waals surface area contributed by atoms with Gasteiger partial charge in [-0.2, -0.15) is 0 Å². The molecule has 3 atom stereocenters. The number of amides is 1. The van der Waals surface area contributed by atoms with Gasteiger partial charge in [-0.3, -0.25) is 9.69 Å². The molecule has 0 aromatic heterocycles. The SMILES string of the molecule is CC(C)[C@@H](/C=C/[C@H](Cc1ccccc1)C(=O)O)/C=C/[C@@H]1CSC(C)(C)N1C(=O)OC(C)(C)C. The first-order chi connectivity index (χ1) is 15.3. The van der Waals surface area contributed by atoms with Crippen LogP contribution < -0.4 is 0 Å². The minimum atomic E-state index is -0.827. The first kappa shape index (κ1) is 27.0. The Balaban J connectivity index is 2.17. The van der Waals surface area contributed by atoms with E-state index in [2.05, 4.69) is 26.0 Å². The predicted molar refractivity (Wildman–Crippen MR) is 136 cm³/mol. The highest BCUT2D eigenvalue weighted by Gasteiger charge is 2.44. The molecule has 0 saturated carbocycles. The molecule has 1 saturated heterocycles. The van der Waals surface area contributed by atoms with Crippen LogP contribution in [0.2, 0.25) is 0 Å². The third-order valence-corrected chi connectivity index (χ3v) is 7.03. The molecule has 1 aliphatic heterocycles. The van der Waals surface area contributed by atoms with Crippen molar-refractivity contribution in [1.82, 2.24) is 4.90 Å². The highest BCUT2D eigenvalue weighted by atomic mass is 32.2. The van der Waals surface area contributed by atoms with Gasteiger partial charge in [0.15, 0.2) is 0 Å². The summed E-state index contributed by atoms with van der Waals surface area (Å²) >= 11 is 1.73. The monoisotopic (exact) mass is 473 g/mol. The second-order valence-electron chi connectivity index (χ2n) is 10.4. The van der Waals surface area contributed by atoms with Crippen LogP contribution >= 0.6 is 11.8 Å². The van der Waals surface area contributed by atoms with Gasteiger partial charge >= 0.3 is 12.1 Å². The van der Waals surface area contributed by atoms with Gasteiger partial charge < -0.3 is 9.84 Å². The van der Waals surface area contributed by atoms with Gasteiger partial charge in [0.2, 0.25) is 0 Å². The second kappa shape index (κ2) is 11.3. The zero-order chi connectivity index (χ0) is 24.8. The van der Waals surface area contributed by atoms with Crippen LogP contribution in [-0.4, -0.2) is 44.3 Å². The molecule has 1 heterocycles. The molecule has 0 aliphatic carbocycles. The number of benzene rings is 1. The van der Waals surface area contributed by atoms with E-state index in [9.17, 15) is 14.7 Å². The van der Waals surface area contributed by atoms with E-state index >= 15 is 0 Å². The lowest BCUT2D eigenvalue weighted by Crippen LogP contribution is -2.48. The van der Waals surface area contributed by atoms with E-state index < -0.39 is 17.5 Å². The molecule has 0 spiro atoms. The highest BCUT2D eigenvalue weighted by molar-refractivity contribution is 8.00. The van der Waals surface area contributed by atoms with Crippen LogP contribution in [-0.2, 0) is 16.0 Å². The summed E-state index contributed by atoms with van der Waals surface area (Å²) in [6, 6.07) is 9.61. The fourth-order valence-electron chi connectivity index (χ4n) is 3.77. The smallest absolute Gasteiger partial charge is 0.411 e. The number of thioether (sulfide) groups is 1. The standard InChI is InChI=1S/C27H39NO4S/c1-19(2)21(13-14-22(24(29)30)17-20-11-9-8-10-12-20)15-16-23-18-33-27(6,7)28(23)25(31)32-26(3,4)5/h8-16,19,21-23H,17-18H2,1-7H3,(H,29,30)/b14-13+,16-15+/t21-,22+,23+/m0/s1. The van der Waals surface area contributed by atoms with E-state index in [4.69, 9.17) is 4.74 Å². The normalized spacial score (nSPS) is 20.5. The zero-order valence-electron chi connectivity index (χ0n) is 20.9. The quantitative estimate of drug-likeness (QED) is 0.442. The minimum Gasteiger partial charge on any atom is -0.481 e. The van der Waals surface area contributed by atoms with Crippen molar-refractivity contribution >= 4 is 23.8 Å². The average Bonchev–Trinajstić information content (AvgIpc) is 3.00. The van der Waals surface area contributed by atoms with Crippen molar-refractivity contribution in [2.75, 3.05) is 5.75 Å². The lowest BCUT2D eigenvalue weighted by Gasteiger charge is -2.35. The van der Waals surface area contributed by atoms with Crippen LogP contribution in [0.3, 0.4) is 0 Å². The molecular formula is C27H39NO4S. The highest BCUT2D eigenvalue weighted by Crippen LogP contribution is 2.40. The Morgan fingerprint density at radius 2 is 1.82 bits per heavy atom. The molecule has 0 radical (unpaired) electrons. The summed E-state index contributed by atoms with van der Waals surface area (Å²) in [6.45, 7) is 13.9. The molecule has 182 valence electrons. The van der Waals surface area contributed by atoms with Gasteiger partial charge in [0, 0.05) is 5.75 Å². The molecule has 0 bridgehead atoms. The Morgan fingerprint density at radius 3 is 2.36 bits per heavy atom. The summed E-state index contributed by atoms with van der Waals surface area (Å²) in [6.07, 6.45) is 8.14. The number of carbonyl (C=O) groups is 2. The van der Waals surface area contributed by atoms with E-state index in [1.807, 2.05) is 82.0 Å². The van der Waals surface area contributed by atoms with Crippen LogP contribution in [0.5, 0.6) is 0 Å². The topological polar surface area (TPSA) is 66.8 Å². The van der Waals surface area contributed by atoms with E-state index in [1.54, 1.807) is 11.8 Å². The van der Waals surface area contributed by atoms with Gasteiger partial charge in [0.25, 0.3) is 0 Å². The van der Waals surface area contributed by atoms with Crippen molar-refractivity contribution in [2.24, 2.45) is 17.8 Å². The molecule has 0 unspecified atom stereocenters. The fraction of sp³-hybridized carbons (Fsp3) is 0.556. The third kappa shape index (κ3) is 8.26. The van der Waals surface area contributed by atoms with Crippen molar-refractivity contribution in [2.45, 2.75) is 71.4 Å². The maximum Gasteiger partial charge on any atom is 0.411 e. The lowest BCUT2D eigenvalue weighted by atomic mass is 9.91. The van der Waals surface area contributed by atoms with E-state index in [0.717, 1.165) is 11.3 Å². The molecule has 1 N–H and O–H groups in total. The number of hydrogen-bond acceptors (Lipinski definition) is 4. The Labute approximate surface area is 203 Å². The van der Waals surface area contributed by atoms with Crippen LogP contribution in [0.4, 0.5) is 4.79 Å². The first-order valence-corrected chi connectivity index (χ1v) is 12.6. The molecular weight excluding hydrogens is 434 g/mol. The van der Waals surface area contributed by atoms with Gasteiger partial charge in [0.05, 0.1) is 16.8 Å². The molecule has 1 fully saturated rings. The third-order valence-electron chi connectivity index (χ3n) is 5.62. The summed E-state index contributed by atoms with van der Waals surface area (Å²) in [7, 11) is 0. The maximum absolute atomic E-state index is 12.9. The number of ether oxygens (including phenoxy) is 1. The second-order valence-corrected chi connectivity index (χ2v) is 12.0. The summed E-state index contributed by atoms with van der Waals surface area (Å²) in [5, 5.41) is 9.70. The van der Waals surface area contributed by atoms with Crippen molar-refractivity contribution < 1.29 is 19.4 Å². The number of allylic oxidation sites excluding steroid dienone is 2. The average molecular weight is 474 g/mol. The molecule has 1 aromatic carbocycles. The van der Waals surface area contributed by atoms with Crippen molar-refractivity contribution in [3.05, 3.63) is 60.2 Å². The van der Waals surface area contributed by atoms with Crippen LogP contribution in [0, 0.1) is 17.8 Å². The molecule has 33 heavy (non-hydrogen) atoms. The summed E-state index contributed by atoms with van der Waals surface area (Å²) < 4.78 is 5.66. The number of hydrogen-bond donors (Lipinski definition) is 1. The molecule has 2 rings (SSSR count). The Bertz CT molecular complexity index is 855. The Hall–Kier alpha value is -2.21. The number of carboxylic acids is 1. The van der Waals surface area contributed by atoms with E-state index in [1.165, 1.54) is 0 Å². The van der Waals surface area contributed by atoms with Crippen LogP contribution in [0.25, 0.3) is 0 Å². The largest absolute Gasteiger partial charge is 0.481 e. The molecule has 1 aliphatic rings. The van der Waals surface area contributed by atoms with E-state index in [0.29, 0.717) is 12.3 Å². The van der Waals surface area contributed by atoms with Crippen molar-refractivity contribution in [3.63, 3.8) is 0 Å². The Morgan fingerprint density at radius 1 is 1.18 bits per heavy atom. The van der Waals surface area contributed by atoms with Gasteiger partial charge in [0.1, 0.15) is 5.60 Å². The molecule has 1 amide bonds. The van der Waals surface area contributed by atoms with E-state index in [-0.39, 0.29) is 22.9 Å². The number of nitrogens with zero attached hydrogens (tertiary/aromatic N) is 1. The maximum atomic E-state index is 12.9. The summed E-state index contributed by atoms with van der Waals surface area (Å²) in [5.41, 5.74) is 0.451. The summed E-state index contributed by atoms with van der Waals surface area (Å²) in [5.74, 6) is -0.256. The summed E-state index contributed by atoms with van der Waals surface area (Å²) in [4.78, 5) is 26.2. The molecule has 1 aromatic rings. The zero-order valence-corrected chi connectivity index (χ0v) is 21.8. The molecule has 6 heteroatoms. The van der Waals surface area contributed by atoms with Crippen LogP contribution in [0.15, 0.2) is 54.6 Å². The molecule has 5 nitrogen and oxygen atoms in total.